The first-order valence-electron chi connectivity index (χ1n) is 7.06. The number of Topliss-reactive ketones (excluding diaryl/α,β-unsaturated/α-hetero) is 1. The normalized spacial score (nSPS) is 16.8. The summed E-state index contributed by atoms with van der Waals surface area (Å²) < 4.78 is 0. The number of ketones is 1. The molecule has 1 aliphatic heterocycles. The Labute approximate surface area is 138 Å². The molecule has 2 N–H and O–H groups in total. The van der Waals surface area contributed by atoms with Gasteiger partial charge in [-0.05, 0) is 29.7 Å². The van der Waals surface area contributed by atoms with Gasteiger partial charge in [-0.15, -0.1) is 0 Å². The molecule has 0 saturated carbocycles. The summed E-state index contributed by atoms with van der Waals surface area (Å²) in [5, 5.41) is 19.8. The van der Waals surface area contributed by atoms with E-state index in [0.29, 0.717) is 22.6 Å². The van der Waals surface area contributed by atoms with Crippen LogP contribution in [0.15, 0.2) is 40.1 Å². The van der Waals surface area contributed by atoms with Gasteiger partial charge in [0.25, 0.3) is 0 Å². The van der Waals surface area contributed by atoms with Crippen molar-refractivity contribution < 1.29 is 15.0 Å². The van der Waals surface area contributed by atoms with Gasteiger partial charge in [0, 0.05) is 27.5 Å². The standard InChI is InChI=1S/C17H16O3S2/c1-2-11-12-4-3-9(8-21)5-14(12)22-15-7-10(18)6-13(19)16(15)17(11)20/h3-7,11,18-19,21H,2,8H2,1H3. The zero-order chi connectivity index (χ0) is 15.9. The molecule has 0 amide bonds. The number of aromatic hydroxyl groups is 2. The van der Waals surface area contributed by atoms with Crippen LogP contribution in [-0.2, 0) is 5.75 Å². The number of fused-ring (bicyclic) bond motifs is 2. The Kier molecular flexibility index (Phi) is 4.10. The van der Waals surface area contributed by atoms with E-state index in [1.807, 2.05) is 25.1 Å². The number of thiol groups is 1. The van der Waals surface area contributed by atoms with Crippen molar-refractivity contribution in [2.24, 2.45) is 0 Å². The van der Waals surface area contributed by atoms with Gasteiger partial charge in [0.15, 0.2) is 5.78 Å². The molecule has 0 saturated heterocycles. The Hall–Kier alpha value is -1.59. The maximum Gasteiger partial charge on any atom is 0.175 e. The number of carbonyl (C=O) groups excluding carboxylic acids is 1. The van der Waals surface area contributed by atoms with Crippen LogP contribution in [0.2, 0.25) is 0 Å². The van der Waals surface area contributed by atoms with E-state index in [1.54, 1.807) is 0 Å². The lowest BCUT2D eigenvalue weighted by molar-refractivity contribution is 0.0951. The minimum absolute atomic E-state index is 0.0431. The van der Waals surface area contributed by atoms with E-state index in [1.165, 1.54) is 23.9 Å². The zero-order valence-electron chi connectivity index (χ0n) is 12.0. The van der Waals surface area contributed by atoms with Crippen molar-refractivity contribution in [3.63, 3.8) is 0 Å². The fourth-order valence-electron chi connectivity index (χ4n) is 2.81. The zero-order valence-corrected chi connectivity index (χ0v) is 13.7. The van der Waals surface area contributed by atoms with Gasteiger partial charge in [0.1, 0.15) is 11.5 Å². The molecule has 2 aromatic carbocycles. The summed E-state index contributed by atoms with van der Waals surface area (Å²) in [4.78, 5) is 14.4. The molecule has 1 heterocycles. The molecule has 0 spiro atoms. The maximum atomic E-state index is 12.8. The fourth-order valence-corrected chi connectivity index (χ4v) is 4.27. The van der Waals surface area contributed by atoms with Gasteiger partial charge in [0.2, 0.25) is 0 Å². The van der Waals surface area contributed by atoms with E-state index in [9.17, 15) is 15.0 Å². The van der Waals surface area contributed by atoms with Crippen molar-refractivity contribution in [2.45, 2.75) is 34.8 Å². The minimum atomic E-state index is -0.284. The van der Waals surface area contributed by atoms with Crippen LogP contribution in [0.25, 0.3) is 0 Å². The van der Waals surface area contributed by atoms with Gasteiger partial charge in [-0.3, -0.25) is 4.79 Å². The van der Waals surface area contributed by atoms with Crippen LogP contribution in [-0.4, -0.2) is 16.0 Å². The maximum absolute atomic E-state index is 12.8. The lowest BCUT2D eigenvalue weighted by Crippen LogP contribution is -2.12. The molecule has 1 aliphatic rings. The average molecular weight is 332 g/mol. The highest BCUT2D eigenvalue weighted by molar-refractivity contribution is 7.99. The van der Waals surface area contributed by atoms with Crippen LogP contribution in [0.3, 0.4) is 0 Å². The largest absolute Gasteiger partial charge is 0.508 e. The number of hydrogen-bond acceptors (Lipinski definition) is 5. The molecular weight excluding hydrogens is 316 g/mol. The molecule has 0 fully saturated rings. The Morgan fingerprint density at radius 2 is 1.95 bits per heavy atom. The van der Waals surface area contributed by atoms with Crippen LogP contribution in [0.5, 0.6) is 11.5 Å². The van der Waals surface area contributed by atoms with Crippen molar-refractivity contribution in [1.82, 2.24) is 0 Å². The Bertz CT molecular complexity index is 756. The van der Waals surface area contributed by atoms with Gasteiger partial charge in [-0.1, -0.05) is 30.8 Å². The second-order valence-corrected chi connectivity index (χ2v) is 6.70. The predicted molar refractivity (Wildman–Crippen MR) is 90.4 cm³/mol. The Morgan fingerprint density at radius 3 is 2.64 bits per heavy atom. The minimum Gasteiger partial charge on any atom is -0.508 e. The van der Waals surface area contributed by atoms with Crippen LogP contribution in [0, 0.1) is 0 Å². The summed E-state index contributed by atoms with van der Waals surface area (Å²) >= 11 is 5.71. The second kappa shape index (κ2) is 5.89. The number of carbonyl (C=O) groups is 1. The molecule has 0 aromatic heterocycles. The fraction of sp³-hybridized carbons (Fsp3) is 0.235. The predicted octanol–water partition coefficient (Wildman–Crippen LogP) is 4.37. The smallest absolute Gasteiger partial charge is 0.175 e. The summed E-state index contributed by atoms with van der Waals surface area (Å²) in [5.41, 5.74) is 2.35. The van der Waals surface area contributed by atoms with Crippen molar-refractivity contribution in [3.05, 3.63) is 47.0 Å². The first-order chi connectivity index (χ1) is 10.5. The quantitative estimate of drug-likeness (QED) is 0.715. The highest BCUT2D eigenvalue weighted by Gasteiger charge is 2.31. The van der Waals surface area contributed by atoms with E-state index in [0.717, 1.165) is 16.0 Å². The topological polar surface area (TPSA) is 57.5 Å². The summed E-state index contributed by atoms with van der Waals surface area (Å²) in [6, 6.07) is 8.74. The highest BCUT2D eigenvalue weighted by Crippen LogP contribution is 2.46. The molecule has 0 radical (unpaired) electrons. The third-order valence-electron chi connectivity index (χ3n) is 3.89. The first kappa shape index (κ1) is 15.3. The number of phenols is 2. The molecule has 114 valence electrons. The van der Waals surface area contributed by atoms with Crippen molar-refractivity contribution in [2.75, 3.05) is 0 Å². The Balaban J connectivity index is 2.25. The summed E-state index contributed by atoms with van der Waals surface area (Å²) in [7, 11) is 0. The molecular formula is C17H16O3S2. The molecule has 5 heteroatoms. The van der Waals surface area contributed by atoms with Gasteiger partial charge in [-0.2, -0.15) is 12.6 Å². The molecule has 1 unspecified atom stereocenters. The van der Waals surface area contributed by atoms with Crippen molar-refractivity contribution >= 4 is 30.2 Å². The average Bonchev–Trinajstić information content (AvgIpc) is 2.59. The van der Waals surface area contributed by atoms with E-state index in [-0.39, 0.29) is 23.2 Å². The molecule has 0 bridgehead atoms. The van der Waals surface area contributed by atoms with E-state index in [2.05, 4.69) is 12.6 Å². The van der Waals surface area contributed by atoms with Crippen LogP contribution < -0.4 is 0 Å². The first-order valence-corrected chi connectivity index (χ1v) is 8.51. The van der Waals surface area contributed by atoms with Crippen LogP contribution in [0.1, 0.15) is 40.7 Å². The molecule has 2 aromatic rings. The molecule has 1 atom stereocenters. The SMILES string of the molecule is CCC1C(=O)c2c(O)cc(O)cc2Sc2cc(CS)ccc21. The number of benzene rings is 2. The van der Waals surface area contributed by atoms with E-state index < -0.39 is 0 Å². The number of hydrogen-bond donors (Lipinski definition) is 3. The van der Waals surface area contributed by atoms with Gasteiger partial charge >= 0.3 is 0 Å². The number of phenolic OH excluding ortho intramolecular Hbond substituents is 2. The lowest BCUT2D eigenvalue weighted by atomic mass is 9.88. The van der Waals surface area contributed by atoms with E-state index in [4.69, 9.17) is 0 Å². The summed E-state index contributed by atoms with van der Waals surface area (Å²) in [6.45, 7) is 1.96. The molecule has 3 nitrogen and oxygen atoms in total. The van der Waals surface area contributed by atoms with Crippen LogP contribution >= 0.6 is 24.4 Å². The molecule has 0 aliphatic carbocycles. The summed E-state index contributed by atoms with van der Waals surface area (Å²) in [6.07, 6.45) is 0.659. The molecule has 22 heavy (non-hydrogen) atoms. The van der Waals surface area contributed by atoms with Crippen LogP contribution in [0.4, 0.5) is 0 Å². The van der Waals surface area contributed by atoms with Gasteiger partial charge in [-0.25, -0.2) is 0 Å². The van der Waals surface area contributed by atoms with Crippen molar-refractivity contribution in [3.8, 4) is 11.5 Å². The lowest BCUT2D eigenvalue weighted by Gasteiger charge is -2.15. The van der Waals surface area contributed by atoms with Gasteiger partial charge < -0.3 is 10.2 Å². The van der Waals surface area contributed by atoms with Crippen molar-refractivity contribution in [1.29, 1.82) is 0 Å². The van der Waals surface area contributed by atoms with Gasteiger partial charge in [0.05, 0.1) is 5.56 Å². The third-order valence-corrected chi connectivity index (χ3v) is 5.37. The molecule has 3 rings (SSSR count). The van der Waals surface area contributed by atoms with E-state index >= 15 is 0 Å². The highest BCUT2D eigenvalue weighted by atomic mass is 32.2. The monoisotopic (exact) mass is 332 g/mol. The Morgan fingerprint density at radius 1 is 1.18 bits per heavy atom. The summed E-state index contributed by atoms with van der Waals surface area (Å²) in [5.74, 6) is 0.0381. The second-order valence-electron chi connectivity index (χ2n) is 5.30. The third kappa shape index (κ3) is 2.48. The number of rotatable bonds is 2.